The zero-order valence-electron chi connectivity index (χ0n) is 14.8. The minimum absolute atomic E-state index is 0.151. The number of thiophene rings is 1. The van der Waals surface area contributed by atoms with Crippen molar-refractivity contribution in [2.45, 2.75) is 12.6 Å². The van der Waals surface area contributed by atoms with Crippen LogP contribution in [0.5, 0.6) is 0 Å². The third-order valence-electron chi connectivity index (χ3n) is 4.35. The smallest absolute Gasteiger partial charge is 0.270 e. The van der Waals surface area contributed by atoms with Crippen molar-refractivity contribution in [1.29, 1.82) is 0 Å². The van der Waals surface area contributed by atoms with Gasteiger partial charge in [0.25, 0.3) is 5.91 Å². The van der Waals surface area contributed by atoms with Crippen LogP contribution in [0.2, 0.25) is 0 Å². The lowest BCUT2D eigenvalue weighted by atomic mass is 10.1. The second-order valence-corrected chi connectivity index (χ2v) is 7.16. The van der Waals surface area contributed by atoms with E-state index in [1.165, 1.54) is 0 Å². The number of nitrogens with zero attached hydrogens (tertiary/aromatic N) is 4. The molecule has 0 saturated heterocycles. The van der Waals surface area contributed by atoms with Gasteiger partial charge in [0.15, 0.2) is 0 Å². The number of carbonyl (C=O) groups excluding carboxylic acids is 1. The van der Waals surface area contributed by atoms with Gasteiger partial charge in [-0.15, -0.1) is 11.3 Å². The summed E-state index contributed by atoms with van der Waals surface area (Å²) in [6.45, 7) is 0.603. The lowest BCUT2D eigenvalue weighted by Gasteiger charge is -2.19. The minimum atomic E-state index is -0.173. The number of hydrogen-bond acceptors (Lipinski definition) is 4. The first-order chi connectivity index (χ1) is 13.2. The number of aromatic nitrogens is 4. The van der Waals surface area contributed by atoms with Crippen LogP contribution in [0.15, 0.2) is 72.6 Å². The van der Waals surface area contributed by atoms with Crippen molar-refractivity contribution in [2.24, 2.45) is 7.05 Å². The molecular weight excluding hydrogens is 358 g/mol. The molecule has 4 rings (SSSR count). The van der Waals surface area contributed by atoms with E-state index in [1.54, 1.807) is 35.6 Å². The molecule has 1 atom stereocenters. The molecule has 3 heterocycles. The predicted molar refractivity (Wildman–Crippen MR) is 105 cm³/mol. The molecule has 4 aromatic rings. The number of rotatable bonds is 6. The van der Waals surface area contributed by atoms with E-state index < -0.39 is 0 Å². The third kappa shape index (κ3) is 3.83. The average molecular weight is 377 g/mol. The van der Waals surface area contributed by atoms with Gasteiger partial charge in [-0.25, -0.2) is 4.98 Å². The Morgan fingerprint density at radius 1 is 1.22 bits per heavy atom. The normalized spacial score (nSPS) is 12.0. The molecule has 136 valence electrons. The third-order valence-corrected chi connectivity index (χ3v) is 5.24. The molecule has 0 unspecified atom stereocenters. The van der Waals surface area contributed by atoms with E-state index in [2.05, 4.69) is 15.4 Å². The number of hydrogen-bond donors (Lipinski definition) is 1. The summed E-state index contributed by atoms with van der Waals surface area (Å²) < 4.78 is 3.59. The molecule has 1 amide bonds. The highest BCUT2D eigenvalue weighted by Crippen LogP contribution is 2.24. The van der Waals surface area contributed by atoms with Gasteiger partial charge in [0.1, 0.15) is 11.4 Å². The maximum absolute atomic E-state index is 13.0. The molecular formula is C20H19N5OS. The molecule has 6 nitrogen and oxygen atoms in total. The second-order valence-electron chi connectivity index (χ2n) is 6.21. The zero-order chi connectivity index (χ0) is 18.6. The van der Waals surface area contributed by atoms with Gasteiger partial charge >= 0.3 is 0 Å². The molecule has 0 aliphatic carbocycles. The van der Waals surface area contributed by atoms with E-state index in [0.29, 0.717) is 12.2 Å². The molecule has 7 heteroatoms. The number of carbonyl (C=O) groups is 1. The van der Waals surface area contributed by atoms with Crippen molar-refractivity contribution in [3.63, 3.8) is 0 Å². The van der Waals surface area contributed by atoms with Crippen LogP contribution in [0.1, 0.15) is 22.1 Å². The fourth-order valence-electron chi connectivity index (χ4n) is 2.98. The van der Waals surface area contributed by atoms with E-state index in [-0.39, 0.29) is 11.9 Å². The summed E-state index contributed by atoms with van der Waals surface area (Å²) in [4.78, 5) is 18.1. The fourth-order valence-corrected chi connectivity index (χ4v) is 3.66. The van der Waals surface area contributed by atoms with Crippen LogP contribution < -0.4 is 5.32 Å². The summed E-state index contributed by atoms with van der Waals surface area (Å²) >= 11 is 1.61. The largest absolute Gasteiger partial charge is 0.342 e. The van der Waals surface area contributed by atoms with E-state index in [4.69, 9.17) is 0 Å². The lowest BCUT2D eigenvalue weighted by molar-refractivity contribution is 0.0923. The highest BCUT2D eigenvalue weighted by Gasteiger charge is 2.20. The first kappa shape index (κ1) is 17.2. The molecule has 0 aliphatic rings. The summed E-state index contributed by atoms with van der Waals surface area (Å²) in [5, 5.41) is 9.62. The van der Waals surface area contributed by atoms with E-state index in [9.17, 15) is 4.79 Å². The van der Waals surface area contributed by atoms with Gasteiger partial charge < -0.3 is 9.88 Å². The Bertz CT molecular complexity index is 1010. The van der Waals surface area contributed by atoms with Crippen molar-refractivity contribution in [1.82, 2.24) is 24.6 Å². The van der Waals surface area contributed by atoms with Crippen LogP contribution in [-0.4, -0.2) is 25.2 Å². The van der Waals surface area contributed by atoms with Crippen molar-refractivity contribution < 1.29 is 4.79 Å². The summed E-state index contributed by atoms with van der Waals surface area (Å²) in [6, 6.07) is 15.6. The lowest BCUT2D eigenvalue weighted by Crippen LogP contribution is -2.32. The van der Waals surface area contributed by atoms with Crippen molar-refractivity contribution in [3.8, 4) is 10.6 Å². The molecule has 0 aliphatic heterocycles. The average Bonchev–Trinajstić information content (AvgIpc) is 3.43. The SMILES string of the molecule is Cn1nc(-c2cccs2)cc1C(=O)N[C@H](Cn1ccnc1)c1ccccc1. The maximum Gasteiger partial charge on any atom is 0.270 e. The van der Waals surface area contributed by atoms with Crippen molar-refractivity contribution >= 4 is 17.2 Å². The van der Waals surface area contributed by atoms with Gasteiger partial charge in [-0.2, -0.15) is 5.10 Å². The number of benzene rings is 1. The Balaban J connectivity index is 1.58. The quantitative estimate of drug-likeness (QED) is 0.559. The fraction of sp³-hybridized carbons (Fsp3) is 0.150. The van der Waals surface area contributed by atoms with E-state index >= 15 is 0 Å². The first-order valence-corrected chi connectivity index (χ1v) is 9.48. The van der Waals surface area contributed by atoms with Crippen LogP contribution in [0.4, 0.5) is 0 Å². The van der Waals surface area contributed by atoms with E-state index in [0.717, 1.165) is 16.1 Å². The summed E-state index contributed by atoms with van der Waals surface area (Å²) in [5.41, 5.74) is 2.38. The van der Waals surface area contributed by atoms with Crippen LogP contribution in [0, 0.1) is 0 Å². The zero-order valence-corrected chi connectivity index (χ0v) is 15.6. The number of amides is 1. The van der Waals surface area contributed by atoms with Crippen molar-refractivity contribution in [2.75, 3.05) is 0 Å². The topological polar surface area (TPSA) is 64.7 Å². The molecule has 27 heavy (non-hydrogen) atoms. The van der Waals surface area contributed by atoms with E-state index in [1.807, 2.05) is 64.7 Å². The summed E-state index contributed by atoms with van der Waals surface area (Å²) in [7, 11) is 1.79. The van der Waals surface area contributed by atoms with Gasteiger partial charge in [0.2, 0.25) is 0 Å². The summed E-state index contributed by atoms with van der Waals surface area (Å²) in [6.07, 6.45) is 5.38. The standard InChI is InChI=1S/C20H19N5OS/c1-24-18(12-16(23-24)19-8-5-11-27-19)20(26)22-17(13-25-10-9-21-14-25)15-6-3-2-4-7-15/h2-12,14,17H,13H2,1H3,(H,22,26)/t17-/m1/s1. The Hall–Kier alpha value is -3.19. The number of nitrogens with one attached hydrogen (secondary N) is 1. The first-order valence-electron chi connectivity index (χ1n) is 8.60. The number of imidazole rings is 1. The summed E-state index contributed by atoms with van der Waals surface area (Å²) in [5.74, 6) is -0.151. The van der Waals surface area contributed by atoms with Crippen LogP contribution in [0.25, 0.3) is 10.6 Å². The highest BCUT2D eigenvalue weighted by atomic mass is 32.1. The maximum atomic E-state index is 13.0. The molecule has 1 aromatic carbocycles. The Labute approximate surface area is 161 Å². The van der Waals surface area contributed by atoms with Gasteiger partial charge in [-0.3, -0.25) is 9.48 Å². The van der Waals surface area contributed by atoms with Gasteiger partial charge in [-0.05, 0) is 23.1 Å². The number of aryl methyl sites for hydroxylation is 1. The molecule has 0 bridgehead atoms. The monoisotopic (exact) mass is 377 g/mol. The van der Waals surface area contributed by atoms with Gasteiger partial charge in [-0.1, -0.05) is 36.4 Å². The predicted octanol–water partition coefficient (Wildman–Crippen LogP) is 3.52. The van der Waals surface area contributed by atoms with Crippen LogP contribution >= 0.6 is 11.3 Å². The molecule has 3 aromatic heterocycles. The Kier molecular flexibility index (Phi) is 4.84. The molecule has 0 radical (unpaired) electrons. The minimum Gasteiger partial charge on any atom is -0.342 e. The van der Waals surface area contributed by atoms with Crippen LogP contribution in [0.3, 0.4) is 0 Å². The van der Waals surface area contributed by atoms with Gasteiger partial charge in [0.05, 0.1) is 17.2 Å². The molecule has 0 fully saturated rings. The van der Waals surface area contributed by atoms with Gasteiger partial charge in [0, 0.05) is 26.0 Å². The second kappa shape index (κ2) is 7.59. The molecule has 0 spiro atoms. The Morgan fingerprint density at radius 2 is 2.07 bits per heavy atom. The Morgan fingerprint density at radius 3 is 2.78 bits per heavy atom. The molecule has 1 N–H and O–H groups in total. The molecule has 0 saturated carbocycles. The van der Waals surface area contributed by atoms with Crippen LogP contribution in [-0.2, 0) is 13.6 Å². The van der Waals surface area contributed by atoms with Crippen molar-refractivity contribution in [3.05, 3.63) is 83.9 Å². The highest BCUT2D eigenvalue weighted by molar-refractivity contribution is 7.13.